The fourth-order valence-electron chi connectivity index (χ4n) is 1.69. The van der Waals surface area contributed by atoms with Crippen molar-refractivity contribution in [1.29, 1.82) is 0 Å². The Morgan fingerprint density at radius 2 is 2.16 bits per heavy atom. The predicted octanol–water partition coefficient (Wildman–Crippen LogP) is 3.20. The summed E-state index contributed by atoms with van der Waals surface area (Å²) in [6.45, 7) is 2.34. The van der Waals surface area contributed by atoms with Gasteiger partial charge in [0.15, 0.2) is 0 Å². The van der Waals surface area contributed by atoms with Crippen LogP contribution >= 0.6 is 23.2 Å². The molecule has 19 heavy (non-hydrogen) atoms. The molecule has 0 aromatic heterocycles. The van der Waals surface area contributed by atoms with Gasteiger partial charge in [-0.05, 0) is 43.9 Å². The molecule has 0 saturated carbocycles. The van der Waals surface area contributed by atoms with Crippen LogP contribution in [0.25, 0.3) is 0 Å². The van der Waals surface area contributed by atoms with Crippen molar-refractivity contribution in [3.8, 4) is 0 Å². The quantitative estimate of drug-likeness (QED) is 0.760. The van der Waals surface area contributed by atoms with Gasteiger partial charge in [-0.1, -0.05) is 29.3 Å². The van der Waals surface area contributed by atoms with Gasteiger partial charge in [0.25, 0.3) is 0 Å². The average Bonchev–Trinajstić information content (AvgIpc) is 2.33. The van der Waals surface area contributed by atoms with Gasteiger partial charge in [0.05, 0.1) is 6.10 Å². The highest BCUT2D eigenvalue weighted by Gasteiger charge is 2.05. The molecule has 0 fully saturated rings. The van der Waals surface area contributed by atoms with Crippen LogP contribution < -0.4 is 5.32 Å². The standard InChI is InChI=1S/C14H19Cl2NO2/c1-10(18)3-2-8-17-14(19)7-5-11-4-6-12(15)9-13(11)16/h4,6,9-10,18H,2-3,5,7-8H2,1H3,(H,17,19). The molecule has 0 spiro atoms. The van der Waals surface area contributed by atoms with Gasteiger partial charge in [-0.25, -0.2) is 0 Å². The minimum atomic E-state index is -0.315. The van der Waals surface area contributed by atoms with E-state index >= 15 is 0 Å². The topological polar surface area (TPSA) is 49.3 Å². The normalized spacial score (nSPS) is 12.2. The third kappa shape index (κ3) is 6.81. The maximum absolute atomic E-state index is 11.6. The van der Waals surface area contributed by atoms with E-state index < -0.39 is 0 Å². The molecule has 0 aliphatic heterocycles. The van der Waals surface area contributed by atoms with Crippen LogP contribution in [0.15, 0.2) is 18.2 Å². The number of nitrogens with one attached hydrogen (secondary N) is 1. The number of hydrogen-bond acceptors (Lipinski definition) is 2. The van der Waals surface area contributed by atoms with Gasteiger partial charge in [-0.2, -0.15) is 0 Å². The molecule has 0 heterocycles. The molecule has 2 N–H and O–H groups in total. The Hall–Kier alpha value is -0.770. The van der Waals surface area contributed by atoms with Crippen LogP contribution in [0.2, 0.25) is 10.0 Å². The Balaban J connectivity index is 2.26. The van der Waals surface area contributed by atoms with E-state index in [2.05, 4.69) is 5.32 Å². The van der Waals surface area contributed by atoms with Crippen molar-refractivity contribution in [2.75, 3.05) is 6.54 Å². The van der Waals surface area contributed by atoms with E-state index in [0.29, 0.717) is 35.9 Å². The van der Waals surface area contributed by atoms with Crippen LogP contribution in [0.3, 0.4) is 0 Å². The number of aliphatic hydroxyl groups is 1. The minimum absolute atomic E-state index is 0.00314. The van der Waals surface area contributed by atoms with E-state index in [4.69, 9.17) is 28.3 Å². The first-order valence-corrected chi connectivity index (χ1v) is 7.13. The molecular formula is C14H19Cl2NO2. The molecule has 106 valence electrons. The molecule has 3 nitrogen and oxygen atoms in total. The summed E-state index contributed by atoms with van der Waals surface area (Å²) < 4.78 is 0. The first-order valence-electron chi connectivity index (χ1n) is 6.37. The van der Waals surface area contributed by atoms with E-state index in [1.807, 2.05) is 6.07 Å². The maximum atomic E-state index is 11.6. The lowest BCUT2D eigenvalue weighted by atomic mass is 10.1. The summed E-state index contributed by atoms with van der Waals surface area (Å²) in [5.41, 5.74) is 0.921. The van der Waals surface area contributed by atoms with E-state index in [1.54, 1.807) is 19.1 Å². The molecule has 1 aromatic rings. The Morgan fingerprint density at radius 1 is 1.42 bits per heavy atom. The van der Waals surface area contributed by atoms with E-state index in [1.165, 1.54) is 0 Å². The highest BCUT2D eigenvalue weighted by molar-refractivity contribution is 6.35. The summed E-state index contributed by atoms with van der Waals surface area (Å²) in [6, 6.07) is 5.29. The van der Waals surface area contributed by atoms with Crippen molar-refractivity contribution in [2.24, 2.45) is 0 Å². The third-order valence-corrected chi connectivity index (χ3v) is 3.34. The van der Waals surface area contributed by atoms with Crippen LogP contribution in [-0.2, 0) is 11.2 Å². The summed E-state index contributed by atoms with van der Waals surface area (Å²) in [6.07, 6.45) is 2.16. The lowest BCUT2D eigenvalue weighted by molar-refractivity contribution is -0.121. The summed E-state index contributed by atoms with van der Waals surface area (Å²) in [5.74, 6) is -0.00314. The molecule has 1 rings (SSSR count). The molecule has 5 heteroatoms. The molecule has 1 unspecified atom stereocenters. The van der Waals surface area contributed by atoms with Gasteiger partial charge in [-0.3, -0.25) is 4.79 Å². The number of hydrogen-bond donors (Lipinski definition) is 2. The Bertz CT molecular complexity index is 422. The first-order chi connectivity index (χ1) is 8.99. The Kier molecular flexibility index (Phi) is 7.21. The van der Waals surface area contributed by atoms with Gasteiger partial charge in [0, 0.05) is 23.0 Å². The summed E-state index contributed by atoms with van der Waals surface area (Å²) in [5, 5.41) is 13.1. The second kappa shape index (κ2) is 8.41. The van der Waals surface area contributed by atoms with Gasteiger partial charge < -0.3 is 10.4 Å². The molecule has 0 radical (unpaired) electrons. The number of amides is 1. The zero-order valence-electron chi connectivity index (χ0n) is 11.0. The maximum Gasteiger partial charge on any atom is 0.220 e. The number of benzene rings is 1. The fraction of sp³-hybridized carbons (Fsp3) is 0.500. The van der Waals surface area contributed by atoms with E-state index in [9.17, 15) is 4.79 Å². The van der Waals surface area contributed by atoms with Crippen molar-refractivity contribution >= 4 is 29.1 Å². The summed E-state index contributed by atoms with van der Waals surface area (Å²) >= 11 is 11.8. The molecular weight excluding hydrogens is 285 g/mol. The van der Waals surface area contributed by atoms with Crippen molar-refractivity contribution < 1.29 is 9.90 Å². The van der Waals surface area contributed by atoms with E-state index in [-0.39, 0.29) is 12.0 Å². The highest BCUT2D eigenvalue weighted by atomic mass is 35.5. The van der Waals surface area contributed by atoms with Crippen molar-refractivity contribution in [3.05, 3.63) is 33.8 Å². The fourth-order valence-corrected chi connectivity index (χ4v) is 2.19. The van der Waals surface area contributed by atoms with E-state index in [0.717, 1.165) is 12.0 Å². The predicted molar refractivity (Wildman–Crippen MR) is 78.7 cm³/mol. The highest BCUT2D eigenvalue weighted by Crippen LogP contribution is 2.21. The SMILES string of the molecule is CC(O)CCCNC(=O)CCc1ccc(Cl)cc1Cl. The summed E-state index contributed by atoms with van der Waals surface area (Å²) in [4.78, 5) is 11.6. The molecule has 0 aliphatic carbocycles. The van der Waals surface area contributed by atoms with Crippen molar-refractivity contribution in [3.63, 3.8) is 0 Å². The van der Waals surface area contributed by atoms with Gasteiger partial charge in [0.1, 0.15) is 0 Å². The third-order valence-electron chi connectivity index (χ3n) is 2.76. The monoisotopic (exact) mass is 303 g/mol. The van der Waals surface area contributed by atoms with Gasteiger partial charge in [0.2, 0.25) is 5.91 Å². The average molecular weight is 304 g/mol. The lowest BCUT2D eigenvalue weighted by Crippen LogP contribution is -2.25. The smallest absolute Gasteiger partial charge is 0.220 e. The number of halogens is 2. The number of carbonyl (C=O) groups excluding carboxylic acids is 1. The zero-order valence-corrected chi connectivity index (χ0v) is 12.5. The molecule has 1 aromatic carbocycles. The Morgan fingerprint density at radius 3 is 2.79 bits per heavy atom. The number of rotatable bonds is 7. The molecule has 1 atom stereocenters. The number of aliphatic hydroxyl groups excluding tert-OH is 1. The van der Waals surface area contributed by atoms with Crippen LogP contribution in [0.4, 0.5) is 0 Å². The van der Waals surface area contributed by atoms with Crippen LogP contribution in [0, 0.1) is 0 Å². The molecule has 0 bridgehead atoms. The lowest BCUT2D eigenvalue weighted by Gasteiger charge is -2.07. The zero-order chi connectivity index (χ0) is 14.3. The van der Waals surface area contributed by atoms with Crippen molar-refractivity contribution in [2.45, 2.75) is 38.7 Å². The van der Waals surface area contributed by atoms with Gasteiger partial charge in [-0.15, -0.1) is 0 Å². The van der Waals surface area contributed by atoms with Crippen LogP contribution in [-0.4, -0.2) is 23.7 Å². The van der Waals surface area contributed by atoms with Crippen LogP contribution in [0.1, 0.15) is 31.7 Å². The Labute approximate surface area is 123 Å². The first kappa shape index (κ1) is 16.3. The van der Waals surface area contributed by atoms with Crippen LogP contribution in [0.5, 0.6) is 0 Å². The largest absolute Gasteiger partial charge is 0.393 e. The molecule has 0 aliphatic rings. The second-order valence-corrected chi connectivity index (χ2v) is 5.42. The summed E-state index contributed by atoms with van der Waals surface area (Å²) in [7, 11) is 0. The number of aryl methyl sites for hydroxylation is 1. The van der Waals surface area contributed by atoms with Gasteiger partial charge >= 0.3 is 0 Å². The minimum Gasteiger partial charge on any atom is -0.393 e. The second-order valence-electron chi connectivity index (χ2n) is 4.58. The van der Waals surface area contributed by atoms with Crippen molar-refractivity contribution in [1.82, 2.24) is 5.32 Å². The number of carbonyl (C=O) groups is 1. The molecule has 0 saturated heterocycles. The molecule has 1 amide bonds.